The van der Waals surface area contributed by atoms with Crippen molar-refractivity contribution in [3.63, 3.8) is 0 Å². The topological polar surface area (TPSA) is 91.2 Å². The number of aromatic hydroxyl groups is 2. The van der Waals surface area contributed by atoms with Crippen LogP contribution in [-0.4, -0.2) is 28.9 Å². The monoisotopic (exact) mass is 328 g/mol. The number of carbonyl (C=O) groups excluding carboxylic acids is 1. The molecule has 0 aliphatic carbocycles. The number of carbonyl (C=O) groups is 1. The Hall–Kier alpha value is -3.02. The maximum atomic E-state index is 11.7. The number of hydrogen-bond acceptors (Lipinski definition) is 5. The quantitative estimate of drug-likeness (QED) is 0.581. The fourth-order valence-corrected chi connectivity index (χ4v) is 2.08. The van der Waals surface area contributed by atoms with Crippen LogP contribution in [0.25, 0.3) is 0 Å². The van der Waals surface area contributed by atoms with Gasteiger partial charge >= 0.3 is 0 Å². The highest BCUT2D eigenvalue weighted by Crippen LogP contribution is 2.25. The second-order valence-electron chi connectivity index (χ2n) is 5.52. The Morgan fingerprint density at radius 2 is 1.88 bits per heavy atom. The normalized spacial score (nSPS) is 10.8. The van der Waals surface area contributed by atoms with E-state index >= 15 is 0 Å². The van der Waals surface area contributed by atoms with Gasteiger partial charge in [0.05, 0.1) is 6.21 Å². The number of aryl methyl sites for hydroxylation is 3. The average molecular weight is 328 g/mol. The first-order valence-corrected chi connectivity index (χ1v) is 7.41. The minimum atomic E-state index is -0.416. The van der Waals surface area contributed by atoms with Gasteiger partial charge in [-0.1, -0.05) is 6.07 Å². The summed E-state index contributed by atoms with van der Waals surface area (Å²) in [6.07, 6.45) is 1.32. The molecule has 0 aliphatic rings. The zero-order valence-corrected chi connectivity index (χ0v) is 13.8. The number of benzene rings is 2. The van der Waals surface area contributed by atoms with E-state index in [-0.39, 0.29) is 18.1 Å². The molecule has 2 rings (SSSR count). The molecular weight excluding hydrogens is 308 g/mol. The van der Waals surface area contributed by atoms with Crippen molar-refractivity contribution in [1.82, 2.24) is 5.43 Å². The largest absolute Gasteiger partial charge is 0.508 e. The van der Waals surface area contributed by atoms with Crippen LogP contribution in [0, 0.1) is 20.8 Å². The second-order valence-corrected chi connectivity index (χ2v) is 5.52. The van der Waals surface area contributed by atoms with Crippen molar-refractivity contribution in [1.29, 1.82) is 0 Å². The van der Waals surface area contributed by atoms with Crippen LogP contribution in [-0.2, 0) is 4.79 Å². The molecule has 6 nitrogen and oxygen atoms in total. The van der Waals surface area contributed by atoms with E-state index in [1.54, 1.807) is 13.0 Å². The predicted molar refractivity (Wildman–Crippen MR) is 91.7 cm³/mol. The molecule has 0 fully saturated rings. The smallest absolute Gasteiger partial charge is 0.277 e. The molecular formula is C18H20N2O4. The average Bonchev–Trinajstić information content (AvgIpc) is 2.51. The van der Waals surface area contributed by atoms with E-state index in [0.717, 1.165) is 11.1 Å². The standard InChI is InChI=1S/C18H20N2O4/c1-11-4-5-15(7-12(11)2)24-10-18(23)20-19-9-16-13(3)6-14(21)8-17(16)22/h4-9,21-22H,10H2,1-3H3,(H,20,23)/b19-9-. The van der Waals surface area contributed by atoms with Gasteiger partial charge in [-0.25, -0.2) is 5.43 Å². The highest BCUT2D eigenvalue weighted by atomic mass is 16.5. The molecule has 126 valence electrons. The molecule has 0 saturated carbocycles. The van der Waals surface area contributed by atoms with Crippen molar-refractivity contribution in [3.8, 4) is 17.2 Å². The van der Waals surface area contributed by atoms with Crippen molar-refractivity contribution >= 4 is 12.1 Å². The summed E-state index contributed by atoms with van der Waals surface area (Å²) in [6.45, 7) is 5.52. The zero-order valence-electron chi connectivity index (χ0n) is 13.8. The van der Waals surface area contributed by atoms with Crippen LogP contribution in [0.3, 0.4) is 0 Å². The van der Waals surface area contributed by atoms with E-state index in [0.29, 0.717) is 16.9 Å². The molecule has 0 saturated heterocycles. The highest BCUT2D eigenvalue weighted by molar-refractivity contribution is 5.87. The first kappa shape index (κ1) is 17.3. The van der Waals surface area contributed by atoms with Gasteiger partial charge in [0.1, 0.15) is 17.2 Å². The van der Waals surface area contributed by atoms with Crippen molar-refractivity contribution < 1.29 is 19.7 Å². The number of hydrazone groups is 1. The third-order valence-corrected chi connectivity index (χ3v) is 3.58. The van der Waals surface area contributed by atoms with E-state index in [4.69, 9.17) is 4.74 Å². The van der Waals surface area contributed by atoms with Crippen LogP contribution in [0.2, 0.25) is 0 Å². The van der Waals surface area contributed by atoms with Gasteiger partial charge in [0, 0.05) is 11.6 Å². The van der Waals surface area contributed by atoms with Crippen molar-refractivity contribution in [2.24, 2.45) is 5.10 Å². The van der Waals surface area contributed by atoms with Crippen LogP contribution < -0.4 is 10.2 Å². The van der Waals surface area contributed by atoms with E-state index in [2.05, 4.69) is 10.5 Å². The maximum Gasteiger partial charge on any atom is 0.277 e. The number of hydrogen-bond donors (Lipinski definition) is 3. The summed E-state index contributed by atoms with van der Waals surface area (Å²) in [5.74, 6) is 0.0505. The molecule has 1 amide bonds. The molecule has 2 aromatic carbocycles. The van der Waals surface area contributed by atoms with Crippen LogP contribution in [0.1, 0.15) is 22.3 Å². The molecule has 0 atom stereocenters. The molecule has 0 spiro atoms. The minimum absolute atomic E-state index is 0.0343. The van der Waals surface area contributed by atoms with Gasteiger partial charge in [0.15, 0.2) is 6.61 Å². The molecule has 0 bridgehead atoms. The lowest BCUT2D eigenvalue weighted by atomic mass is 10.1. The number of nitrogens with one attached hydrogen (secondary N) is 1. The lowest BCUT2D eigenvalue weighted by molar-refractivity contribution is -0.123. The van der Waals surface area contributed by atoms with Crippen molar-refractivity contribution in [3.05, 3.63) is 52.6 Å². The van der Waals surface area contributed by atoms with Gasteiger partial charge in [-0.2, -0.15) is 5.10 Å². The van der Waals surface area contributed by atoms with E-state index in [1.807, 2.05) is 26.0 Å². The fraction of sp³-hybridized carbons (Fsp3) is 0.222. The lowest BCUT2D eigenvalue weighted by Gasteiger charge is -2.07. The lowest BCUT2D eigenvalue weighted by Crippen LogP contribution is -2.24. The van der Waals surface area contributed by atoms with Gasteiger partial charge in [0.2, 0.25) is 0 Å². The molecule has 0 aromatic heterocycles. The van der Waals surface area contributed by atoms with E-state index in [1.165, 1.54) is 18.3 Å². The molecule has 0 heterocycles. The molecule has 0 aliphatic heterocycles. The van der Waals surface area contributed by atoms with Gasteiger partial charge in [-0.15, -0.1) is 0 Å². The van der Waals surface area contributed by atoms with Gasteiger partial charge in [-0.05, 0) is 55.7 Å². The molecule has 24 heavy (non-hydrogen) atoms. The van der Waals surface area contributed by atoms with Crippen molar-refractivity contribution in [2.75, 3.05) is 6.61 Å². The Balaban J connectivity index is 1.90. The summed E-state index contributed by atoms with van der Waals surface area (Å²) >= 11 is 0. The summed E-state index contributed by atoms with van der Waals surface area (Å²) in [5.41, 5.74) is 5.62. The second kappa shape index (κ2) is 7.50. The van der Waals surface area contributed by atoms with E-state index in [9.17, 15) is 15.0 Å². The first-order chi connectivity index (χ1) is 11.4. The Labute approximate surface area is 140 Å². The highest BCUT2D eigenvalue weighted by Gasteiger charge is 2.06. The van der Waals surface area contributed by atoms with Gasteiger partial charge in [0.25, 0.3) is 5.91 Å². The number of rotatable bonds is 5. The Bertz CT molecular complexity index is 762. The number of amides is 1. The van der Waals surface area contributed by atoms with Crippen LogP contribution in [0.4, 0.5) is 0 Å². The van der Waals surface area contributed by atoms with Crippen LogP contribution in [0.5, 0.6) is 17.2 Å². The van der Waals surface area contributed by atoms with Crippen LogP contribution in [0.15, 0.2) is 35.4 Å². The Morgan fingerprint density at radius 1 is 1.12 bits per heavy atom. The molecule has 2 aromatic rings. The predicted octanol–water partition coefficient (Wildman–Crippen LogP) is 2.55. The maximum absolute atomic E-state index is 11.7. The van der Waals surface area contributed by atoms with Crippen molar-refractivity contribution in [2.45, 2.75) is 20.8 Å². The number of phenols is 2. The van der Waals surface area contributed by atoms with E-state index < -0.39 is 5.91 Å². The summed E-state index contributed by atoms with van der Waals surface area (Å²) in [6, 6.07) is 8.29. The Kier molecular flexibility index (Phi) is 5.42. The number of phenolic OH excluding ortho intramolecular Hbond substituents is 2. The Morgan fingerprint density at radius 3 is 2.54 bits per heavy atom. The number of ether oxygens (including phenoxy) is 1. The summed E-state index contributed by atoms with van der Waals surface area (Å²) < 4.78 is 5.40. The van der Waals surface area contributed by atoms with Gasteiger partial charge in [-0.3, -0.25) is 4.79 Å². The van der Waals surface area contributed by atoms with Gasteiger partial charge < -0.3 is 14.9 Å². The van der Waals surface area contributed by atoms with Crippen LogP contribution >= 0.6 is 0 Å². The molecule has 0 unspecified atom stereocenters. The first-order valence-electron chi connectivity index (χ1n) is 7.41. The zero-order chi connectivity index (χ0) is 17.7. The third-order valence-electron chi connectivity index (χ3n) is 3.58. The molecule has 6 heteroatoms. The summed E-state index contributed by atoms with van der Waals surface area (Å²) in [5, 5.41) is 22.9. The summed E-state index contributed by atoms with van der Waals surface area (Å²) in [7, 11) is 0. The summed E-state index contributed by atoms with van der Waals surface area (Å²) in [4.78, 5) is 11.7. The SMILES string of the molecule is Cc1ccc(OCC(=O)N/N=C\c2c(C)cc(O)cc2O)cc1C. The third kappa shape index (κ3) is 4.49. The number of nitrogens with zero attached hydrogens (tertiary/aromatic N) is 1. The minimum Gasteiger partial charge on any atom is -0.508 e. The fourth-order valence-electron chi connectivity index (χ4n) is 2.08. The molecule has 3 N–H and O–H groups in total. The molecule has 0 radical (unpaired) electrons.